The van der Waals surface area contributed by atoms with Crippen molar-refractivity contribution in [2.45, 2.75) is 19.3 Å². The zero-order chi connectivity index (χ0) is 18.2. The summed E-state index contributed by atoms with van der Waals surface area (Å²) in [7, 11) is 1.71. The van der Waals surface area contributed by atoms with E-state index >= 15 is 0 Å². The van der Waals surface area contributed by atoms with Gasteiger partial charge in [-0.2, -0.15) is 0 Å². The predicted molar refractivity (Wildman–Crippen MR) is 103 cm³/mol. The number of benzene rings is 1. The average Bonchev–Trinajstić information content (AvgIpc) is 3.04. The molecule has 0 bridgehead atoms. The van der Waals surface area contributed by atoms with Gasteiger partial charge in [-0.1, -0.05) is 6.08 Å². The van der Waals surface area contributed by atoms with Crippen molar-refractivity contribution in [3.63, 3.8) is 0 Å². The summed E-state index contributed by atoms with van der Waals surface area (Å²) in [5, 5.41) is 20.4. The lowest BCUT2D eigenvalue weighted by atomic mass is 10.00. The van der Waals surface area contributed by atoms with E-state index in [4.69, 9.17) is 14.9 Å². The quantitative estimate of drug-likeness (QED) is 0.654. The van der Waals surface area contributed by atoms with Crippen molar-refractivity contribution in [2.24, 2.45) is 0 Å². The molecular formula is C18H30N2O5. The molecule has 0 aliphatic carbocycles. The number of aromatic amines is 1. The minimum absolute atomic E-state index is 0. The molecule has 0 amide bonds. The van der Waals surface area contributed by atoms with Gasteiger partial charge in [0, 0.05) is 34.9 Å². The molecule has 1 aliphatic rings. The van der Waals surface area contributed by atoms with Crippen molar-refractivity contribution in [1.29, 1.82) is 0 Å². The topological polar surface area (TPSA) is 112 Å². The molecule has 4 N–H and O–H groups in total. The van der Waals surface area contributed by atoms with Crippen molar-refractivity contribution >= 4 is 28.4 Å². The van der Waals surface area contributed by atoms with Crippen molar-refractivity contribution in [1.82, 2.24) is 10.3 Å². The van der Waals surface area contributed by atoms with Crippen LogP contribution in [0.25, 0.3) is 16.5 Å². The number of rotatable bonds is 5. The zero-order valence-corrected chi connectivity index (χ0v) is 14.0. The molecule has 2 heterocycles. The van der Waals surface area contributed by atoms with Gasteiger partial charge >= 0.3 is 11.9 Å². The first-order chi connectivity index (χ1) is 12.0. The summed E-state index contributed by atoms with van der Waals surface area (Å²) in [6.07, 6.45) is 4.86. The predicted octanol–water partition coefficient (Wildman–Crippen LogP) is 3.47. The molecule has 0 atom stereocenters. The lowest BCUT2D eigenvalue weighted by molar-refractivity contribution is -0.143. The molecule has 0 radical (unpaired) electrons. The molecule has 2 aromatic rings. The monoisotopic (exact) mass is 354 g/mol. The highest BCUT2D eigenvalue weighted by atomic mass is 16.5. The van der Waals surface area contributed by atoms with Gasteiger partial charge < -0.3 is 25.3 Å². The van der Waals surface area contributed by atoms with E-state index in [0.717, 1.165) is 25.3 Å². The normalized spacial score (nSPS) is 13.6. The fraction of sp³-hybridized carbons (Fsp3) is 0.333. The van der Waals surface area contributed by atoms with Gasteiger partial charge in [-0.25, -0.2) is 0 Å². The molecule has 25 heavy (non-hydrogen) atoms. The number of methoxy groups -OCH3 is 1. The number of carboxylic acid groups (broad SMARTS) is 2. The second kappa shape index (κ2) is 8.89. The van der Waals surface area contributed by atoms with E-state index in [1.165, 1.54) is 22.0 Å². The third-order valence-electron chi connectivity index (χ3n) is 3.85. The number of carboxylic acids is 2. The van der Waals surface area contributed by atoms with Crippen LogP contribution in [0.3, 0.4) is 0 Å². The molecule has 1 aliphatic heterocycles. The first-order valence-corrected chi connectivity index (χ1v) is 8.00. The smallest absolute Gasteiger partial charge is 0.303 e. The number of aromatic nitrogens is 1. The van der Waals surface area contributed by atoms with Gasteiger partial charge in [0.15, 0.2) is 0 Å². The van der Waals surface area contributed by atoms with Gasteiger partial charge in [0.25, 0.3) is 0 Å². The lowest BCUT2D eigenvalue weighted by Gasteiger charge is -2.13. The fourth-order valence-electron chi connectivity index (χ4n) is 2.57. The average molecular weight is 354 g/mol. The standard InChI is InChI=1S/C14H16N2O.C4H6O4.4H2/c1-17-11-2-3-14-12(8-11)13(9-16-14)10-4-6-15-7-5-10;5-3(6)1-2-4(7)8;;;;/h2-4,8-9,15-16H,5-7H2,1H3;1-2H2,(H,5,6)(H,7,8);4*1H. The summed E-state index contributed by atoms with van der Waals surface area (Å²) in [5.41, 5.74) is 3.89. The van der Waals surface area contributed by atoms with Gasteiger partial charge in [0.1, 0.15) is 5.75 Å². The Morgan fingerprint density at radius 2 is 1.96 bits per heavy atom. The highest BCUT2D eigenvalue weighted by Gasteiger charge is 2.11. The molecule has 7 heteroatoms. The van der Waals surface area contributed by atoms with Crippen LogP contribution >= 0.6 is 0 Å². The van der Waals surface area contributed by atoms with E-state index in [2.05, 4.69) is 34.7 Å². The van der Waals surface area contributed by atoms with Crippen LogP contribution in [0.15, 0.2) is 30.5 Å². The van der Waals surface area contributed by atoms with Crippen LogP contribution in [0.4, 0.5) is 0 Å². The van der Waals surface area contributed by atoms with E-state index in [1.807, 2.05) is 6.07 Å². The summed E-state index contributed by atoms with van der Waals surface area (Å²) < 4.78 is 5.29. The Bertz CT molecular complexity index is 782. The molecular weight excluding hydrogens is 324 g/mol. The number of aliphatic carboxylic acids is 2. The molecule has 0 spiro atoms. The minimum Gasteiger partial charge on any atom is -0.497 e. The summed E-state index contributed by atoms with van der Waals surface area (Å²) >= 11 is 0. The van der Waals surface area contributed by atoms with E-state index in [1.54, 1.807) is 7.11 Å². The second-order valence-electron chi connectivity index (χ2n) is 5.58. The number of H-pyrrole nitrogens is 1. The number of hydrogen-bond donors (Lipinski definition) is 4. The summed E-state index contributed by atoms with van der Waals surface area (Å²) in [6.45, 7) is 2.02. The SMILES string of the molecule is COc1ccc2[nH]cc(C3=CCNCC3)c2c1.O=C(O)CCC(=O)O.[HH].[HH].[HH].[HH]. The zero-order valence-electron chi connectivity index (χ0n) is 14.0. The van der Waals surface area contributed by atoms with E-state index in [-0.39, 0.29) is 18.5 Å². The van der Waals surface area contributed by atoms with Gasteiger partial charge in [0.2, 0.25) is 0 Å². The van der Waals surface area contributed by atoms with E-state index in [0.29, 0.717) is 0 Å². The Hall–Kier alpha value is -2.80. The molecule has 1 aromatic carbocycles. The minimum atomic E-state index is -1.08. The number of nitrogens with one attached hydrogen (secondary N) is 2. The van der Waals surface area contributed by atoms with Crippen LogP contribution < -0.4 is 10.1 Å². The molecule has 1 aromatic heterocycles. The van der Waals surface area contributed by atoms with Crippen molar-refractivity contribution < 1.29 is 30.2 Å². The van der Waals surface area contributed by atoms with E-state index < -0.39 is 11.9 Å². The molecule has 142 valence electrons. The van der Waals surface area contributed by atoms with Crippen LogP contribution in [0.5, 0.6) is 5.75 Å². The van der Waals surface area contributed by atoms with Crippen LogP contribution in [-0.4, -0.2) is 47.3 Å². The third-order valence-corrected chi connectivity index (χ3v) is 3.85. The summed E-state index contributed by atoms with van der Waals surface area (Å²) in [4.78, 5) is 22.6. The summed E-state index contributed by atoms with van der Waals surface area (Å²) in [6, 6.07) is 6.16. The Morgan fingerprint density at radius 1 is 1.24 bits per heavy atom. The maximum atomic E-state index is 9.64. The molecule has 3 rings (SSSR count). The number of fused-ring (bicyclic) bond motifs is 1. The molecule has 0 fully saturated rings. The molecule has 7 nitrogen and oxygen atoms in total. The van der Waals surface area contributed by atoms with Gasteiger partial charge in [0.05, 0.1) is 20.0 Å². The lowest BCUT2D eigenvalue weighted by Crippen LogP contribution is -2.19. The van der Waals surface area contributed by atoms with Crippen LogP contribution in [0, 0.1) is 0 Å². The van der Waals surface area contributed by atoms with Crippen molar-refractivity contribution in [2.75, 3.05) is 20.2 Å². The first kappa shape index (κ1) is 18.5. The molecule has 0 saturated heterocycles. The van der Waals surface area contributed by atoms with Crippen molar-refractivity contribution in [3.8, 4) is 5.75 Å². The third kappa shape index (κ3) is 5.36. The Morgan fingerprint density at radius 3 is 2.52 bits per heavy atom. The van der Waals surface area contributed by atoms with Gasteiger partial charge in [-0.05, 0) is 36.7 Å². The Labute approximate surface area is 151 Å². The maximum absolute atomic E-state index is 9.64. The fourth-order valence-corrected chi connectivity index (χ4v) is 2.57. The Kier molecular flexibility index (Phi) is 6.59. The highest BCUT2D eigenvalue weighted by molar-refractivity contribution is 5.93. The number of carbonyl (C=O) groups is 2. The Balaban J connectivity index is -0.000000498. The van der Waals surface area contributed by atoms with Crippen LogP contribution in [0.1, 0.15) is 30.5 Å². The van der Waals surface area contributed by atoms with Crippen LogP contribution in [-0.2, 0) is 9.59 Å². The van der Waals surface area contributed by atoms with E-state index in [9.17, 15) is 9.59 Å². The van der Waals surface area contributed by atoms with Crippen LogP contribution in [0.2, 0.25) is 0 Å². The van der Waals surface area contributed by atoms with Gasteiger partial charge in [-0.3, -0.25) is 9.59 Å². The first-order valence-electron chi connectivity index (χ1n) is 8.00. The largest absolute Gasteiger partial charge is 0.497 e. The van der Waals surface area contributed by atoms with Gasteiger partial charge in [-0.15, -0.1) is 0 Å². The second-order valence-corrected chi connectivity index (χ2v) is 5.58. The number of ether oxygens (including phenoxy) is 1. The molecule has 0 unspecified atom stereocenters. The maximum Gasteiger partial charge on any atom is 0.303 e. The van der Waals surface area contributed by atoms with Crippen molar-refractivity contribution in [3.05, 3.63) is 36.0 Å². The highest BCUT2D eigenvalue weighted by Crippen LogP contribution is 2.30. The number of hydrogen-bond acceptors (Lipinski definition) is 4. The summed E-state index contributed by atoms with van der Waals surface area (Å²) in [5.74, 6) is -1.24. The molecule has 0 saturated carbocycles.